The second-order valence-corrected chi connectivity index (χ2v) is 7.62. The van der Waals surface area contributed by atoms with Crippen LogP contribution in [0.1, 0.15) is 16.7 Å². The highest BCUT2D eigenvalue weighted by Gasteiger charge is 2.19. The summed E-state index contributed by atoms with van der Waals surface area (Å²) in [5.41, 5.74) is 13.2. The maximum atomic E-state index is 6.39. The largest absolute Gasteiger partial charge is 0.494 e. The summed E-state index contributed by atoms with van der Waals surface area (Å²) in [6, 6.07) is 12.2. The first-order valence-electron chi connectivity index (χ1n) is 8.87. The molecule has 2 heterocycles. The molecule has 0 aliphatic rings. The maximum absolute atomic E-state index is 6.39. The summed E-state index contributed by atoms with van der Waals surface area (Å²) >= 11 is 1.51. The minimum absolute atomic E-state index is 0.436. The Balaban J connectivity index is 1.76. The van der Waals surface area contributed by atoms with Gasteiger partial charge in [-0.2, -0.15) is 4.68 Å². The molecule has 0 amide bonds. The Morgan fingerprint density at radius 1 is 1.04 bits per heavy atom. The molecule has 2 aromatic heterocycles. The molecule has 0 saturated carbocycles. The molecule has 0 atom stereocenters. The summed E-state index contributed by atoms with van der Waals surface area (Å²) in [5.74, 6) is 1.12. The Morgan fingerprint density at radius 2 is 1.79 bits per heavy atom. The van der Waals surface area contributed by atoms with Gasteiger partial charge in [0.15, 0.2) is 11.5 Å². The van der Waals surface area contributed by atoms with Crippen molar-refractivity contribution in [3.63, 3.8) is 0 Å². The lowest BCUT2D eigenvalue weighted by molar-refractivity contribution is 0.411. The average Bonchev–Trinajstić information content (AvgIpc) is 3.30. The van der Waals surface area contributed by atoms with Crippen molar-refractivity contribution >= 4 is 17.2 Å². The van der Waals surface area contributed by atoms with E-state index in [2.05, 4.69) is 42.4 Å². The van der Waals surface area contributed by atoms with Crippen LogP contribution < -0.4 is 10.5 Å². The van der Waals surface area contributed by atoms with Gasteiger partial charge in [-0.15, -0.1) is 16.4 Å². The van der Waals surface area contributed by atoms with Gasteiger partial charge in [-0.25, -0.2) is 4.98 Å². The first-order chi connectivity index (χ1) is 13.5. The highest BCUT2D eigenvalue weighted by Crippen LogP contribution is 2.34. The minimum atomic E-state index is 0.436. The number of benzene rings is 2. The van der Waals surface area contributed by atoms with Gasteiger partial charge in [0.25, 0.3) is 0 Å². The molecule has 0 unspecified atom stereocenters. The van der Waals surface area contributed by atoms with E-state index in [0.717, 1.165) is 27.5 Å². The molecular formula is C21H21N5OS. The summed E-state index contributed by atoms with van der Waals surface area (Å²) in [7, 11) is 1.62. The highest BCUT2D eigenvalue weighted by atomic mass is 32.1. The molecule has 0 aliphatic carbocycles. The Labute approximate surface area is 167 Å². The highest BCUT2D eigenvalue weighted by molar-refractivity contribution is 7.13. The summed E-state index contributed by atoms with van der Waals surface area (Å²) in [6.45, 7) is 6.17. The molecule has 4 rings (SSSR count). The predicted molar refractivity (Wildman–Crippen MR) is 113 cm³/mol. The first kappa shape index (κ1) is 18.2. The van der Waals surface area contributed by atoms with Crippen LogP contribution in [0.4, 0.5) is 5.82 Å². The van der Waals surface area contributed by atoms with Crippen LogP contribution in [0.3, 0.4) is 0 Å². The standard InChI is InChI=1S/C21H21N5OS/c1-12-5-7-14(3)15(9-12)16-11-28-21(23-16)19-20(22)26(25-24-19)17-10-13(2)6-8-18(17)27-4/h5-11H,22H2,1-4H3. The van der Waals surface area contributed by atoms with E-state index in [4.69, 9.17) is 15.5 Å². The molecule has 2 aromatic carbocycles. The quantitative estimate of drug-likeness (QED) is 0.551. The van der Waals surface area contributed by atoms with E-state index in [1.807, 2.05) is 30.5 Å². The normalized spacial score (nSPS) is 11.0. The molecule has 6 nitrogen and oxygen atoms in total. The number of nitrogens with two attached hydrogens (primary N) is 1. The molecule has 142 valence electrons. The van der Waals surface area contributed by atoms with Gasteiger partial charge in [0, 0.05) is 10.9 Å². The number of nitrogen functional groups attached to an aromatic ring is 1. The fourth-order valence-electron chi connectivity index (χ4n) is 3.10. The number of thiazole rings is 1. The Hall–Kier alpha value is -3.19. The second-order valence-electron chi connectivity index (χ2n) is 6.77. The first-order valence-corrected chi connectivity index (χ1v) is 9.75. The van der Waals surface area contributed by atoms with Crippen LogP contribution in [-0.2, 0) is 0 Å². The van der Waals surface area contributed by atoms with Crippen molar-refractivity contribution in [1.29, 1.82) is 0 Å². The van der Waals surface area contributed by atoms with E-state index in [1.54, 1.807) is 11.8 Å². The van der Waals surface area contributed by atoms with Crippen molar-refractivity contribution in [2.75, 3.05) is 12.8 Å². The zero-order valence-electron chi connectivity index (χ0n) is 16.2. The lowest BCUT2D eigenvalue weighted by Crippen LogP contribution is -2.04. The van der Waals surface area contributed by atoms with Crippen LogP contribution in [-0.4, -0.2) is 27.1 Å². The number of nitrogens with zero attached hydrogens (tertiary/aromatic N) is 4. The summed E-state index contributed by atoms with van der Waals surface area (Å²) < 4.78 is 7.05. The molecule has 0 aliphatic heterocycles. The fraction of sp³-hybridized carbons (Fsp3) is 0.190. The average molecular weight is 392 g/mol. The van der Waals surface area contributed by atoms with E-state index in [-0.39, 0.29) is 0 Å². The number of rotatable bonds is 4. The molecule has 0 saturated heterocycles. The Morgan fingerprint density at radius 3 is 2.57 bits per heavy atom. The number of ether oxygens (including phenoxy) is 1. The smallest absolute Gasteiger partial charge is 0.165 e. The predicted octanol–water partition coefficient (Wildman–Crippen LogP) is 4.57. The van der Waals surface area contributed by atoms with Crippen molar-refractivity contribution in [1.82, 2.24) is 20.0 Å². The van der Waals surface area contributed by atoms with Crippen LogP contribution in [0.2, 0.25) is 0 Å². The number of aryl methyl sites for hydroxylation is 3. The topological polar surface area (TPSA) is 78.8 Å². The molecule has 0 spiro atoms. The number of hydrogen-bond acceptors (Lipinski definition) is 6. The van der Waals surface area contributed by atoms with Gasteiger partial charge in [0.2, 0.25) is 0 Å². The van der Waals surface area contributed by atoms with Crippen molar-refractivity contribution in [3.8, 4) is 33.4 Å². The monoisotopic (exact) mass is 391 g/mol. The van der Waals surface area contributed by atoms with E-state index in [9.17, 15) is 0 Å². The second kappa shape index (κ2) is 7.09. The molecule has 7 heteroatoms. The number of hydrogen-bond donors (Lipinski definition) is 1. The zero-order chi connectivity index (χ0) is 19.8. The van der Waals surface area contributed by atoms with Crippen LogP contribution in [0.15, 0.2) is 41.8 Å². The molecule has 0 fully saturated rings. The third kappa shape index (κ3) is 3.14. The van der Waals surface area contributed by atoms with Gasteiger partial charge >= 0.3 is 0 Å². The number of aromatic nitrogens is 4. The van der Waals surface area contributed by atoms with E-state index in [0.29, 0.717) is 17.3 Å². The van der Waals surface area contributed by atoms with Crippen molar-refractivity contribution < 1.29 is 4.74 Å². The van der Waals surface area contributed by atoms with Crippen LogP contribution in [0, 0.1) is 20.8 Å². The van der Waals surface area contributed by atoms with E-state index < -0.39 is 0 Å². The SMILES string of the molecule is COc1ccc(C)cc1-n1nnc(-c2nc(-c3cc(C)ccc3C)cs2)c1N. The summed E-state index contributed by atoms with van der Waals surface area (Å²) in [5, 5.41) is 11.3. The van der Waals surface area contributed by atoms with Gasteiger partial charge in [-0.3, -0.25) is 0 Å². The van der Waals surface area contributed by atoms with E-state index in [1.165, 1.54) is 22.5 Å². The van der Waals surface area contributed by atoms with Crippen molar-refractivity contribution in [2.24, 2.45) is 0 Å². The fourth-order valence-corrected chi connectivity index (χ4v) is 3.91. The van der Waals surface area contributed by atoms with Gasteiger partial charge in [0.05, 0.1) is 12.8 Å². The molecule has 2 N–H and O–H groups in total. The van der Waals surface area contributed by atoms with Crippen molar-refractivity contribution in [2.45, 2.75) is 20.8 Å². The third-order valence-corrected chi connectivity index (χ3v) is 5.49. The lowest BCUT2D eigenvalue weighted by Gasteiger charge is -2.10. The molecule has 0 radical (unpaired) electrons. The Bertz CT molecular complexity index is 1160. The zero-order valence-corrected chi connectivity index (χ0v) is 17.0. The maximum Gasteiger partial charge on any atom is 0.165 e. The number of anilines is 1. The van der Waals surface area contributed by atoms with Crippen molar-refractivity contribution in [3.05, 3.63) is 58.5 Å². The minimum Gasteiger partial charge on any atom is -0.494 e. The van der Waals surface area contributed by atoms with Gasteiger partial charge in [-0.1, -0.05) is 29.0 Å². The molecule has 4 aromatic rings. The van der Waals surface area contributed by atoms with Crippen LogP contribution in [0.25, 0.3) is 27.6 Å². The van der Waals surface area contributed by atoms with Gasteiger partial charge in [-0.05, 0) is 50.1 Å². The van der Waals surface area contributed by atoms with Crippen LogP contribution >= 0.6 is 11.3 Å². The summed E-state index contributed by atoms with van der Waals surface area (Å²) in [6.07, 6.45) is 0. The number of methoxy groups -OCH3 is 1. The van der Waals surface area contributed by atoms with Gasteiger partial charge < -0.3 is 10.5 Å². The summed E-state index contributed by atoms with van der Waals surface area (Å²) in [4.78, 5) is 4.77. The Kier molecular flexibility index (Phi) is 4.60. The van der Waals surface area contributed by atoms with Crippen LogP contribution in [0.5, 0.6) is 5.75 Å². The van der Waals surface area contributed by atoms with E-state index >= 15 is 0 Å². The van der Waals surface area contributed by atoms with Gasteiger partial charge in [0.1, 0.15) is 16.4 Å². The third-order valence-electron chi connectivity index (χ3n) is 4.64. The molecular weight excluding hydrogens is 370 g/mol. The molecule has 0 bridgehead atoms. The lowest BCUT2D eigenvalue weighted by atomic mass is 10.0. The molecule has 28 heavy (non-hydrogen) atoms.